The molecule has 1 aromatic rings. The number of carbonyl (C=O) groups is 1. The van der Waals surface area contributed by atoms with Gasteiger partial charge in [0.05, 0.1) is 17.8 Å². The summed E-state index contributed by atoms with van der Waals surface area (Å²) < 4.78 is 0. The van der Waals surface area contributed by atoms with Gasteiger partial charge in [0, 0.05) is 19.3 Å². The Morgan fingerprint density at radius 3 is 2.74 bits per heavy atom. The van der Waals surface area contributed by atoms with Crippen molar-refractivity contribution in [1.82, 2.24) is 5.32 Å². The number of likely N-dealkylation sites (N-methyl/N-ethyl adjacent to an activating group) is 1. The maximum atomic E-state index is 11.7. The minimum absolute atomic E-state index is 0.0286. The summed E-state index contributed by atoms with van der Waals surface area (Å²) in [6, 6.07) is 7.16. The molecule has 0 aliphatic rings. The number of nitrogen functional groups attached to an aromatic ring is 1. The number of amides is 1. The van der Waals surface area contributed by atoms with Gasteiger partial charge in [-0.25, -0.2) is 0 Å². The summed E-state index contributed by atoms with van der Waals surface area (Å²) in [5.74, 6) is 0.402. The minimum Gasteiger partial charge on any atom is -0.398 e. The zero-order chi connectivity index (χ0) is 14.4. The van der Waals surface area contributed by atoms with Gasteiger partial charge in [-0.2, -0.15) is 5.26 Å². The standard InChI is InChI=1S/C14H20N4O/c1-10(2)8-17-14(19)9-18(3)12-5-4-11(7-15)13(16)6-12/h4-6,10H,8-9,16H2,1-3H3,(H,17,19). The van der Waals surface area contributed by atoms with E-state index < -0.39 is 0 Å². The van der Waals surface area contributed by atoms with Crippen LogP contribution in [0.2, 0.25) is 0 Å². The predicted octanol–water partition coefficient (Wildman–Crippen LogP) is 1.35. The van der Waals surface area contributed by atoms with Crippen LogP contribution >= 0.6 is 0 Å². The molecular weight excluding hydrogens is 240 g/mol. The number of hydrogen-bond acceptors (Lipinski definition) is 4. The van der Waals surface area contributed by atoms with Gasteiger partial charge in [-0.3, -0.25) is 4.79 Å². The van der Waals surface area contributed by atoms with E-state index in [1.807, 2.05) is 27.0 Å². The topological polar surface area (TPSA) is 82.2 Å². The van der Waals surface area contributed by atoms with Gasteiger partial charge in [0.15, 0.2) is 0 Å². The first-order valence-corrected chi connectivity index (χ1v) is 6.21. The fraction of sp³-hybridized carbons (Fsp3) is 0.429. The molecule has 0 atom stereocenters. The van der Waals surface area contributed by atoms with Gasteiger partial charge < -0.3 is 16.0 Å². The van der Waals surface area contributed by atoms with Crippen LogP contribution in [0, 0.1) is 17.2 Å². The van der Waals surface area contributed by atoms with Gasteiger partial charge in [0.25, 0.3) is 0 Å². The van der Waals surface area contributed by atoms with Crippen LogP contribution in [0.1, 0.15) is 19.4 Å². The molecule has 0 saturated heterocycles. The van der Waals surface area contributed by atoms with Crippen LogP contribution in [0.4, 0.5) is 11.4 Å². The predicted molar refractivity (Wildman–Crippen MR) is 76.7 cm³/mol. The molecule has 3 N–H and O–H groups in total. The molecule has 102 valence electrons. The van der Waals surface area contributed by atoms with Crippen LogP contribution in [0.3, 0.4) is 0 Å². The van der Waals surface area contributed by atoms with Gasteiger partial charge in [0.1, 0.15) is 6.07 Å². The van der Waals surface area contributed by atoms with E-state index in [4.69, 9.17) is 11.0 Å². The van der Waals surface area contributed by atoms with Crippen molar-refractivity contribution in [3.05, 3.63) is 23.8 Å². The van der Waals surface area contributed by atoms with Crippen molar-refractivity contribution < 1.29 is 4.79 Å². The molecule has 1 aromatic carbocycles. The Kier molecular flexibility index (Phi) is 5.19. The summed E-state index contributed by atoms with van der Waals surface area (Å²) in [7, 11) is 1.82. The number of benzene rings is 1. The molecule has 0 unspecified atom stereocenters. The molecule has 0 heterocycles. The zero-order valence-electron chi connectivity index (χ0n) is 11.6. The number of nitrogens with one attached hydrogen (secondary N) is 1. The summed E-state index contributed by atoms with van der Waals surface area (Å²) in [5.41, 5.74) is 7.44. The fourth-order valence-corrected chi connectivity index (χ4v) is 1.57. The van der Waals surface area contributed by atoms with E-state index in [1.165, 1.54) is 0 Å². The molecule has 0 spiro atoms. The molecule has 5 heteroatoms. The van der Waals surface area contributed by atoms with Crippen LogP contribution in [0.15, 0.2) is 18.2 Å². The average Bonchev–Trinajstić information content (AvgIpc) is 2.36. The minimum atomic E-state index is -0.0286. The summed E-state index contributed by atoms with van der Waals surface area (Å²) in [6.07, 6.45) is 0. The Balaban J connectivity index is 2.63. The van der Waals surface area contributed by atoms with Crippen molar-refractivity contribution in [2.24, 2.45) is 5.92 Å². The first-order valence-electron chi connectivity index (χ1n) is 6.21. The lowest BCUT2D eigenvalue weighted by Gasteiger charge is -2.19. The molecule has 19 heavy (non-hydrogen) atoms. The highest BCUT2D eigenvalue weighted by Crippen LogP contribution is 2.19. The molecule has 1 rings (SSSR count). The van der Waals surface area contributed by atoms with Crippen molar-refractivity contribution >= 4 is 17.3 Å². The highest BCUT2D eigenvalue weighted by molar-refractivity contribution is 5.81. The summed E-state index contributed by atoms with van der Waals surface area (Å²) in [5, 5.41) is 11.7. The van der Waals surface area contributed by atoms with Gasteiger partial charge in [-0.05, 0) is 24.1 Å². The Morgan fingerprint density at radius 2 is 2.21 bits per heavy atom. The van der Waals surface area contributed by atoms with Crippen LogP contribution in [-0.4, -0.2) is 26.0 Å². The maximum absolute atomic E-state index is 11.7. The van der Waals surface area contributed by atoms with Crippen LogP contribution < -0.4 is 16.0 Å². The zero-order valence-corrected chi connectivity index (χ0v) is 11.6. The number of anilines is 2. The van der Waals surface area contributed by atoms with Crippen LogP contribution in [-0.2, 0) is 4.79 Å². The highest BCUT2D eigenvalue weighted by Gasteiger charge is 2.09. The van der Waals surface area contributed by atoms with Crippen molar-refractivity contribution in [2.45, 2.75) is 13.8 Å². The molecule has 0 radical (unpaired) electrons. The van der Waals surface area contributed by atoms with Crippen molar-refractivity contribution in [3.8, 4) is 6.07 Å². The van der Waals surface area contributed by atoms with E-state index in [0.29, 0.717) is 23.7 Å². The molecule has 0 bridgehead atoms. The summed E-state index contributed by atoms with van der Waals surface area (Å²) >= 11 is 0. The highest BCUT2D eigenvalue weighted by atomic mass is 16.2. The first kappa shape index (κ1) is 14.8. The number of nitrogens with two attached hydrogens (primary N) is 1. The molecule has 5 nitrogen and oxygen atoms in total. The Hall–Kier alpha value is -2.22. The molecule has 0 aliphatic heterocycles. The lowest BCUT2D eigenvalue weighted by molar-refractivity contribution is -0.119. The smallest absolute Gasteiger partial charge is 0.239 e. The molecule has 0 saturated carbocycles. The van der Waals surface area contributed by atoms with E-state index in [9.17, 15) is 4.79 Å². The van der Waals surface area contributed by atoms with Gasteiger partial charge in [0.2, 0.25) is 5.91 Å². The van der Waals surface area contributed by atoms with E-state index >= 15 is 0 Å². The van der Waals surface area contributed by atoms with Gasteiger partial charge in [-0.1, -0.05) is 13.8 Å². The second-order valence-electron chi connectivity index (χ2n) is 4.94. The lowest BCUT2D eigenvalue weighted by Crippen LogP contribution is -2.36. The van der Waals surface area contributed by atoms with E-state index in [2.05, 4.69) is 5.32 Å². The Labute approximate surface area is 114 Å². The Bertz CT molecular complexity index is 491. The SMILES string of the molecule is CC(C)CNC(=O)CN(C)c1ccc(C#N)c(N)c1. The van der Waals surface area contributed by atoms with Crippen LogP contribution in [0.5, 0.6) is 0 Å². The molecule has 0 fully saturated rings. The number of nitrogens with zero attached hydrogens (tertiary/aromatic N) is 2. The molecular formula is C14H20N4O. The third kappa shape index (κ3) is 4.51. The average molecular weight is 260 g/mol. The second kappa shape index (κ2) is 6.64. The van der Waals surface area contributed by atoms with Crippen molar-refractivity contribution in [2.75, 3.05) is 30.8 Å². The quantitative estimate of drug-likeness (QED) is 0.783. The first-order chi connectivity index (χ1) is 8.93. The maximum Gasteiger partial charge on any atom is 0.239 e. The monoisotopic (exact) mass is 260 g/mol. The molecule has 0 aliphatic carbocycles. The second-order valence-corrected chi connectivity index (χ2v) is 4.94. The normalized spacial score (nSPS) is 10.1. The van der Waals surface area contributed by atoms with Crippen molar-refractivity contribution in [1.29, 1.82) is 5.26 Å². The van der Waals surface area contributed by atoms with E-state index in [1.54, 1.807) is 23.1 Å². The van der Waals surface area contributed by atoms with Gasteiger partial charge in [-0.15, -0.1) is 0 Å². The van der Waals surface area contributed by atoms with E-state index in [-0.39, 0.29) is 12.5 Å². The number of nitriles is 1. The largest absolute Gasteiger partial charge is 0.398 e. The third-order valence-electron chi connectivity index (χ3n) is 2.68. The lowest BCUT2D eigenvalue weighted by atomic mass is 10.1. The molecule has 0 aromatic heterocycles. The number of rotatable bonds is 5. The number of hydrogen-bond donors (Lipinski definition) is 2. The van der Waals surface area contributed by atoms with Gasteiger partial charge >= 0.3 is 0 Å². The molecule has 1 amide bonds. The third-order valence-corrected chi connectivity index (χ3v) is 2.68. The summed E-state index contributed by atoms with van der Waals surface area (Å²) in [6.45, 7) is 5.02. The van der Waals surface area contributed by atoms with E-state index in [0.717, 1.165) is 5.69 Å². The number of carbonyl (C=O) groups excluding carboxylic acids is 1. The Morgan fingerprint density at radius 1 is 1.53 bits per heavy atom. The fourth-order valence-electron chi connectivity index (χ4n) is 1.57. The van der Waals surface area contributed by atoms with Crippen LogP contribution in [0.25, 0.3) is 0 Å². The van der Waals surface area contributed by atoms with Crippen molar-refractivity contribution in [3.63, 3.8) is 0 Å². The summed E-state index contributed by atoms with van der Waals surface area (Å²) in [4.78, 5) is 13.5.